The van der Waals surface area contributed by atoms with E-state index < -0.39 is 0 Å². The van der Waals surface area contributed by atoms with Gasteiger partial charge in [0.05, 0.1) is 0 Å². The van der Waals surface area contributed by atoms with Crippen molar-refractivity contribution in [2.75, 3.05) is 0 Å². The summed E-state index contributed by atoms with van der Waals surface area (Å²) in [5, 5.41) is 10.1. The van der Waals surface area contributed by atoms with E-state index in [0.717, 1.165) is 0 Å². The zero-order valence-electron chi connectivity index (χ0n) is 40.9. The fraction of sp³-hybridized carbons (Fsp3) is 0.0411. The molecule has 0 unspecified atom stereocenters. The highest BCUT2D eigenvalue weighted by Gasteiger charge is 2.36. The molecule has 0 bridgehead atoms. The van der Waals surface area contributed by atoms with E-state index in [4.69, 9.17) is 0 Å². The maximum Gasteiger partial charge on any atom is 0.0159 e. The Labute approximate surface area is 427 Å². The van der Waals surface area contributed by atoms with E-state index in [1.54, 1.807) is 0 Å². The van der Waals surface area contributed by atoms with Crippen molar-refractivity contribution in [3.63, 3.8) is 0 Å². The maximum atomic E-state index is 2.46. The van der Waals surface area contributed by atoms with E-state index in [0.29, 0.717) is 0 Å². The molecule has 0 radical (unpaired) electrons. The van der Waals surface area contributed by atoms with Crippen LogP contribution in [0.1, 0.15) is 25.0 Å². The molecular formula is C73H50. The van der Waals surface area contributed by atoms with Crippen LogP contribution in [0.3, 0.4) is 0 Å². The predicted molar refractivity (Wildman–Crippen MR) is 312 cm³/mol. The monoisotopic (exact) mass is 926 g/mol. The van der Waals surface area contributed by atoms with Crippen LogP contribution in [0.5, 0.6) is 0 Å². The Morgan fingerprint density at radius 2 is 0.438 bits per heavy atom. The average molecular weight is 927 g/mol. The van der Waals surface area contributed by atoms with Gasteiger partial charge in [0.25, 0.3) is 0 Å². The van der Waals surface area contributed by atoms with Gasteiger partial charge in [-0.1, -0.05) is 257 Å². The third kappa shape index (κ3) is 6.97. The Bertz CT molecular complexity index is 4280. The highest BCUT2D eigenvalue weighted by Crippen LogP contribution is 2.52. The molecule has 342 valence electrons. The minimum atomic E-state index is -0.191. The Hall–Kier alpha value is -9.10. The molecule has 14 rings (SSSR count). The van der Waals surface area contributed by atoms with Crippen molar-refractivity contribution >= 4 is 43.1 Å². The van der Waals surface area contributed by atoms with Crippen molar-refractivity contribution in [2.45, 2.75) is 19.3 Å². The molecule has 0 amide bonds. The summed E-state index contributed by atoms with van der Waals surface area (Å²) >= 11 is 0. The molecule has 0 saturated carbocycles. The summed E-state index contributed by atoms with van der Waals surface area (Å²) in [6.07, 6.45) is 0. The van der Waals surface area contributed by atoms with Gasteiger partial charge in [-0.05, 0) is 167 Å². The van der Waals surface area contributed by atoms with Crippen molar-refractivity contribution in [2.24, 2.45) is 0 Å². The lowest BCUT2D eigenvalue weighted by Crippen LogP contribution is -2.15. The summed E-state index contributed by atoms with van der Waals surface area (Å²) in [5.41, 5.74) is 22.6. The topological polar surface area (TPSA) is 0 Å². The van der Waals surface area contributed by atoms with E-state index in [9.17, 15) is 0 Å². The zero-order chi connectivity index (χ0) is 48.6. The normalized spacial score (nSPS) is 12.6. The lowest BCUT2D eigenvalue weighted by molar-refractivity contribution is 0.661. The van der Waals surface area contributed by atoms with Crippen LogP contribution in [-0.4, -0.2) is 0 Å². The molecule has 13 aromatic carbocycles. The molecule has 0 aromatic heterocycles. The second-order valence-electron chi connectivity index (χ2n) is 20.3. The van der Waals surface area contributed by atoms with Gasteiger partial charge in [-0.25, -0.2) is 0 Å². The molecule has 0 heteroatoms. The summed E-state index contributed by atoms with van der Waals surface area (Å²) in [5.74, 6) is 0. The van der Waals surface area contributed by atoms with Crippen LogP contribution in [0.15, 0.2) is 267 Å². The molecular weight excluding hydrogens is 877 g/mol. The number of benzene rings is 13. The fourth-order valence-electron chi connectivity index (χ4n) is 12.3. The van der Waals surface area contributed by atoms with Crippen LogP contribution in [0.25, 0.3) is 132 Å². The highest BCUT2D eigenvalue weighted by atomic mass is 14.4. The van der Waals surface area contributed by atoms with Crippen molar-refractivity contribution in [3.8, 4) is 89.0 Å². The molecule has 0 nitrogen and oxygen atoms in total. The minimum Gasteiger partial charge on any atom is -0.0622 e. The molecule has 1 aliphatic rings. The average Bonchev–Trinajstić information content (AvgIpc) is 3.68. The van der Waals surface area contributed by atoms with Crippen molar-refractivity contribution < 1.29 is 0 Å². The van der Waals surface area contributed by atoms with Gasteiger partial charge < -0.3 is 0 Å². The number of hydrogen-bond donors (Lipinski definition) is 0. The van der Waals surface area contributed by atoms with Crippen LogP contribution in [-0.2, 0) is 5.41 Å². The second kappa shape index (κ2) is 17.0. The van der Waals surface area contributed by atoms with Crippen molar-refractivity contribution in [1.82, 2.24) is 0 Å². The lowest BCUT2D eigenvalue weighted by Gasteiger charge is -2.23. The van der Waals surface area contributed by atoms with Gasteiger partial charge in [-0.15, -0.1) is 0 Å². The minimum absolute atomic E-state index is 0.191. The van der Waals surface area contributed by atoms with Gasteiger partial charge in [0.1, 0.15) is 0 Å². The quantitative estimate of drug-likeness (QED) is 0.140. The summed E-state index contributed by atoms with van der Waals surface area (Å²) in [7, 11) is 0. The first kappa shape index (κ1) is 42.8. The first-order valence-electron chi connectivity index (χ1n) is 25.6. The third-order valence-corrected chi connectivity index (χ3v) is 15.9. The van der Waals surface area contributed by atoms with E-state index >= 15 is 0 Å². The van der Waals surface area contributed by atoms with Crippen molar-refractivity contribution in [3.05, 3.63) is 278 Å². The van der Waals surface area contributed by atoms with Crippen LogP contribution in [0.2, 0.25) is 0 Å². The standard InChI is InChI=1S/C73H50/c1-73(2)67-45-55(48-33-31-47(32-34-48)53-37-41-63-65(43-53)71(51-23-11-5-12-24-51)61-29-17-15-27-59(61)69(63)49-19-7-3-8-20-49)35-39-57(67)58-40-36-56(46-68(58)73)54-38-42-64-66(44-54)72(52-25-13-6-14-26-52)62-30-18-16-28-60(62)70(64)50-21-9-4-10-22-50/h3-46H,1-2H3. The number of fused-ring (bicyclic) bond motifs is 7. The van der Waals surface area contributed by atoms with Crippen molar-refractivity contribution in [1.29, 1.82) is 0 Å². The Morgan fingerprint density at radius 3 is 0.795 bits per heavy atom. The summed E-state index contributed by atoms with van der Waals surface area (Å²) < 4.78 is 0. The zero-order valence-corrected chi connectivity index (χ0v) is 40.9. The molecule has 0 saturated heterocycles. The SMILES string of the molecule is CC1(C)c2cc(-c3ccc(-c4ccc5c(-c6ccccc6)c6ccccc6c(-c6ccccc6)c5c4)cc3)ccc2-c2ccc(-c3ccc4c(-c5ccccc5)c5ccccc5c(-c5ccccc5)c4c3)cc21. The lowest BCUT2D eigenvalue weighted by atomic mass is 9.80. The smallest absolute Gasteiger partial charge is 0.0159 e. The molecule has 0 fully saturated rings. The Morgan fingerprint density at radius 1 is 0.192 bits per heavy atom. The van der Waals surface area contributed by atoms with Crippen LogP contribution < -0.4 is 0 Å². The number of hydrogen-bond acceptors (Lipinski definition) is 0. The predicted octanol–water partition coefficient (Wildman–Crippen LogP) is 20.3. The molecule has 0 N–H and O–H groups in total. The second-order valence-corrected chi connectivity index (χ2v) is 20.3. The van der Waals surface area contributed by atoms with Gasteiger partial charge in [-0.2, -0.15) is 0 Å². The van der Waals surface area contributed by atoms with Crippen LogP contribution in [0, 0.1) is 0 Å². The maximum absolute atomic E-state index is 2.46. The summed E-state index contributed by atoms with van der Waals surface area (Å²) in [6, 6.07) is 99.1. The van der Waals surface area contributed by atoms with Gasteiger partial charge in [0.2, 0.25) is 0 Å². The molecule has 0 atom stereocenters. The van der Waals surface area contributed by atoms with Gasteiger partial charge in [0.15, 0.2) is 0 Å². The Kier molecular flexibility index (Phi) is 9.98. The van der Waals surface area contributed by atoms with E-state index in [1.807, 2.05) is 0 Å². The number of rotatable bonds is 7. The Balaban J connectivity index is 0.828. The fourth-order valence-corrected chi connectivity index (χ4v) is 12.3. The van der Waals surface area contributed by atoms with E-state index in [1.165, 1.54) is 143 Å². The molecule has 73 heavy (non-hydrogen) atoms. The van der Waals surface area contributed by atoms with Gasteiger partial charge in [0, 0.05) is 5.41 Å². The molecule has 0 spiro atoms. The summed E-state index contributed by atoms with van der Waals surface area (Å²) in [6.45, 7) is 4.80. The van der Waals surface area contributed by atoms with E-state index in [-0.39, 0.29) is 5.41 Å². The third-order valence-electron chi connectivity index (χ3n) is 15.9. The molecule has 0 heterocycles. The summed E-state index contributed by atoms with van der Waals surface area (Å²) in [4.78, 5) is 0. The largest absolute Gasteiger partial charge is 0.0622 e. The first-order chi connectivity index (χ1) is 36.0. The molecule has 13 aromatic rings. The molecule has 1 aliphatic carbocycles. The van der Waals surface area contributed by atoms with Crippen LogP contribution >= 0.6 is 0 Å². The van der Waals surface area contributed by atoms with Gasteiger partial charge in [-0.3, -0.25) is 0 Å². The van der Waals surface area contributed by atoms with Crippen LogP contribution in [0.4, 0.5) is 0 Å². The van der Waals surface area contributed by atoms with Gasteiger partial charge >= 0.3 is 0 Å². The highest BCUT2D eigenvalue weighted by molar-refractivity contribution is 6.23. The molecule has 0 aliphatic heterocycles. The first-order valence-corrected chi connectivity index (χ1v) is 25.6. The van der Waals surface area contributed by atoms with E-state index in [2.05, 4.69) is 281 Å².